The Morgan fingerprint density at radius 3 is 2.70 bits per heavy atom. The van der Waals surface area contributed by atoms with Crippen LogP contribution in [0.3, 0.4) is 0 Å². The summed E-state index contributed by atoms with van der Waals surface area (Å²) < 4.78 is 0. The van der Waals surface area contributed by atoms with Gasteiger partial charge in [-0.15, -0.1) is 0 Å². The number of amidine groups is 1. The van der Waals surface area contributed by atoms with Crippen molar-refractivity contribution in [1.29, 1.82) is 0 Å². The van der Waals surface area contributed by atoms with Gasteiger partial charge in [-0.3, -0.25) is 10.9 Å². The van der Waals surface area contributed by atoms with E-state index in [0.29, 0.717) is 12.3 Å². The number of amides is 2. The van der Waals surface area contributed by atoms with Gasteiger partial charge in [-0.1, -0.05) is 30.3 Å². The monoisotopic (exact) mass is 309 g/mol. The van der Waals surface area contributed by atoms with Crippen LogP contribution in [0.1, 0.15) is 13.3 Å². The fourth-order valence-electron chi connectivity index (χ4n) is 2.38. The van der Waals surface area contributed by atoms with Gasteiger partial charge in [0.25, 0.3) is 0 Å². The van der Waals surface area contributed by atoms with Crippen molar-refractivity contribution < 1.29 is 4.79 Å². The van der Waals surface area contributed by atoms with Crippen LogP contribution in [-0.4, -0.2) is 17.9 Å². The minimum atomic E-state index is -0.336. The number of anilines is 2. The van der Waals surface area contributed by atoms with Crippen LogP contribution in [-0.2, 0) is 0 Å². The maximum atomic E-state index is 11.9. The summed E-state index contributed by atoms with van der Waals surface area (Å²) in [5.41, 5.74) is 8.10. The molecule has 1 aliphatic heterocycles. The molecule has 4 N–H and O–H groups in total. The summed E-state index contributed by atoms with van der Waals surface area (Å²) in [5, 5.41) is 6.14. The molecule has 0 aliphatic carbocycles. The van der Waals surface area contributed by atoms with Gasteiger partial charge in [-0.05, 0) is 31.2 Å². The lowest BCUT2D eigenvalue weighted by molar-refractivity contribution is 0.250. The predicted octanol–water partition coefficient (Wildman–Crippen LogP) is 3.25. The number of para-hydroxylation sites is 3. The van der Waals surface area contributed by atoms with Crippen LogP contribution in [0.4, 0.5) is 21.9 Å². The number of carbonyl (C=O) groups is 1. The van der Waals surface area contributed by atoms with Crippen LogP contribution < -0.4 is 21.5 Å². The summed E-state index contributed by atoms with van der Waals surface area (Å²) in [6.07, 6.45) is 0.681. The minimum Gasteiger partial charge on any atom is -0.380 e. The Hall–Kier alpha value is -3.02. The number of urea groups is 1. The summed E-state index contributed by atoms with van der Waals surface area (Å²) in [5.74, 6) is 0.707. The fourth-order valence-corrected chi connectivity index (χ4v) is 2.38. The number of hydrazine groups is 1. The Morgan fingerprint density at radius 2 is 1.87 bits per heavy atom. The van der Waals surface area contributed by atoms with Crippen molar-refractivity contribution in [2.45, 2.75) is 19.4 Å². The first-order valence-electron chi connectivity index (χ1n) is 7.52. The molecule has 0 radical (unpaired) electrons. The van der Waals surface area contributed by atoms with E-state index in [4.69, 9.17) is 0 Å². The quantitative estimate of drug-likeness (QED) is 0.611. The van der Waals surface area contributed by atoms with Gasteiger partial charge in [0, 0.05) is 18.2 Å². The van der Waals surface area contributed by atoms with Gasteiger partial charge in [-0.25, -0.2) is 9.79 Å². The smallest absolute Gasteiger partial charge is 0.337 e. The number of hydrogen-bond donors (Lipinski definition) is 4. The molecule has 0 saturated heterocycles. The molecule has 0 fully saturated rings. The second-order valence-electron chi connectivity index (χ2n) is 5.40. The third-order valence-electron chi connectivity index (χ3n) is 3.41. The van der Waals surface area contributed by atoms with Crippen molar-refractivity contribution in [3.63, 3.8) is 0 Å². The van der Waals surface area contributed by atoms with E-state index in [9.17, 15) is 4.79 Å². The molecule has 2 aromatic rings. The number of rotatable bonds is 1. The minimum absolute atomic E-state index is 0.212. The summed E-state index contributed by atoms with van der Waals surface area (Å²) in [7, 11) is 0. The number of carbonyl (C=O) groups excluding carboxylic acids is 1. The van der Waals surface area contributed by atoms with Crippen molar-refractivity contribution in [2.75, 3.05) is 10.6 Å². The molecule has 0 saturated carbocycles. The highest BCUT2D eigenvalue weighted by Crippen LogP contribution is 2.27. The van der Waals surface area contributed by atoms with E-state index in [0.717, 1.165) is 17.1 Å². The molecular formula is C17H19N5O. The highest BCUT2D eigenvalue weighted by Gasteiger charge is 2.15. The highest BCUT2D eigenvalue weighted by molar-refractivity contribution is 5.93. The Morgan fingerprint density at radius 1 is 1.13 bits per heavy atom. The lowest BCUT2D eigenvalue weighted by atomic mass is 10.2. The molecule has 0 aromatic heterocycles. The Bertz CT molecular complexity index is 714. The molecule has 1 aliphatic rings. The van der Waals surface area contributed by atoms with Crippen molar-refractivity contribution in [3.8, 4) is 0 Å². The topological polar surface area (TPSA) is 77.5 Å². The SMILES string of the molecule is CC1CC(NNC(=O)Nc2ccccc2)=Nc2ccccc2N1. The Labute approximate surface area is 135 Å². The largest absolute Gasteiger partial charge is 0.380 e. The van der Waals surface area contributed by atoms with Crippen LogP contribution in [0, 0.1) is 0 Å². The zero-order chi connectivity index (χ0) is 16.1. The van der Waals surface area contributed by atoms with E-state index in [1.54, 1.807) is 0 Å². The molecule has 1 atom stereocenters. The molecule has 23 heavy (non-hydrogen) atoms. The van der Waals surface area contributed by atoms with Gasteiger partial charge in [0.05, 0.1) is 11.4 Å². The zero-order valence-corrected chi connectivity index (χ0v) is 12.8. The summed E-state index contributed by atoms with van der Waals surface area (Å²) >= 11 is 0. The molecule has 2 amide bonds. The Kier molecular flexibility index (Phi) is 4.42. The molecule has 6 heteroatoms. The van der Waals surface area contributed by atoms with E-state index < -0.39 is 0 Å². The molecule has 0 spiro atoms. The number of fused-ring (bicyclic) bond motifs is 1. The van der Waals surface area contributed by atoms with Crippen molar-refractivity contribution in [2.24, 2.45) is 4.99 Å². The maximum absolute atomic E-state index is 11.9. The first-order chi connectivity index (χ1) is 11.2. The number of aliphatic imine (C=N–C) groups is 1. The van der Waals surface area contributed by atoms with Gasteiger partial charge in [0.2, 0.25) is 0 Å². The van der Waals surface area contributed by atoms with E-state index in [2.05, 4.69) is 33.4 Å². The highest BCUT2D eigenvalue weighted by atomic mass is 16.2. The lowest BCUT2D eigenvalue weighted by Crippen LogP contribution is -2.44. The van der Waals surface area contributed by atoms with Crippen LogP contribution in [0.2, 0.25) is 0 Å². The van der Waals surface area contributed by atoms with E-state index in [1.807, 2.05) is 54.6 Å². The molecule has 6 nitrogen and oxygen atoms in total. The van der Waals surface area contributed by atoms with Gasteiger partial charge in [-0.2, -0.15) is 0 Å². The molecule has 1 heterocycles. The maximum Gasteiger partial charge on any atom is 0.337 e. The Balaban J connectivity index is 1.63. The first kappa shape index (κ1) is 14.9. The van der Waals surface area contributed by atoms with Gasteiger partial charge in [0.15, 0.2) is 0 Å². The number of benzene rings is 2. The van der Waals surface area contributed by atoms with Crippen LogP contribution >= 0.6 is 0 Å². The van der Waals surface area contributed by atoms with Crippen molar-refractivity contribution >= 4 is 28.9 Å². The first-order valence-corrected chi connectivity index (χ1v) is 7.52. The third-order valence-corrected chi connectivity index (χ3v) is 3.41. The fraction of sp³-hybridized carbons (Fsp3) is 0.176. The zero-order valence-electron chi connectivity index (χ0n) is 12.8. The molecule has 2 aromatic carbocycles. The number of nitrogens with zero attached hydrogens (tertiary/aromatic N) is 1. The third kappa shape index (κ3) is 4.00. The van der Waals surface area contributed by atoms with E-state index in [1.165, 1.54) is 0 Å². The van der Waals surface area contributed by atoms with Crippen LogP contribution in [0.5, 0.6) is 0 Å². The van der Waals surface area contributed by atoms with Crippen LogP contribution in [0.25, 0.3) is 0 Å². The number of nitrogens with one attached hydrogen (secondary N) is 4. The molecule has 3 rings (SSSR count). The predicted molar refractivity (Wildman–Crippen MR) is 93.0 cm³/mol. The standard InChI is InChI=1S/C17H19N5O/c1-12-11-16(20-15-10-6-5-9-14(15)18-12)21-22-17(23)19-13-7-3-2-4-8-13/h2-10,12,18H,11H2,1H3,(H,20,21)(H2,19,22,23). The van der Waals surface area contributed by atoms with E-state index in [-0.39, 0.29) is 12.1 Å². The number of hydrogen-bond acceptors (Lipinski definition) is 4. The van der Waals surface area contributed by atoms with Gasteiger partial charge in [0.1, 0.15) is 5.84 Å². The molecule has 0 bridgehead atoms. The van der Waals surface area contributed by atoms with Gasteiger partial charge < -0.3 is 10.6 Å². The van der Waals surface area contributed by atoms with E-state index >= 15 is 0 Å². The second-order valence-corrected chi connectivity index (χ2v) is 5.40. The molecular weight excluding hydrogens is 290 g/mol. The summed E-state index contributed by atoms with van der Waals surface area (Å²) in [4.78, 5) is 16.5. The summed E-state index contributed by atoms with van der Waals surface area (Å²) in [6.45, 7) is 2.07. The average molecular weight is 309 g/mol. The van der Waals surface area contributed by atoms with Crippen molar-refractivity contribution in [1.82, 2.24) is 10.9 Å². The summed E-state index contributed by atoms with van der Waals surface area (Å²) in [6, 6.07) is 17.0. The van der Waals surface area contributed by atoms with Crippen LogP contribution in [0.15, 0.2) is 59.6 Å². The normalized spacial score (nSPS) is 16.2. The molecule has 1 unspecified atom stereocenters. The lowest BCUT2D eigenvalue weighted by Gasteiger charge is -2.14. The average Bonchev–Trinajstić information content (AvgIpc) is 2.71. The van der Waals surface area contributed by atoms with Gasteiger partial charge >= 0.3 is 6.03 Å². The molecule has 118 valence electrons. The second kappa shape index (κ2) is 6.83. The van der Waals surface area contributed by atoms with Crippen molar-refractivity contribution in [3.05, 3.63) is 54.6 Å².